The molecule has 0 atom stereocenters. The molecule has 1 aliphatic rings. The van der Waals surface area contributed by atoms with Crippen molar-refractivity contribution >= 4 is 45.4 Å². The van der Waals surface area contributed by atoms with E-state index in [0.717, 1.165) is 12.1 Å². The molecule has 1 fully saturated rings. The first-order valence-corrected chi connectivity index (χ1v) is 10.8. The van der Waals surface area contributed by atoms with Gasteiger partial charge in [0.25, 0.3) is 0 Å². The van der Waals surface area contributed by atoms with Crippen LogP contribution in [0.15, 0.2) is 29.6 Å². The highest BCUT2D eigenvalue weighted by Gasteiger charge is 2.33. The molecule has 0 radical (unpaired) electrons. The quantitative estimate of drug-likeness (QED) is 0.654. The number of alkyl halides is 3. The highest BCUT2D eigenvalue weighted by atomic mass is 35.5. The molecule has 2 heterocycles. The van der Waals surface area contributed by atoms with Crippen LogP contribution in [0.1, 0.15) is 11.1 Å². The van der Waals surface area contributed by atoms with Crippen molar-refractivity contribution in [1.82, 2.24) is 9.80 Å². The molecule has 1 saturated heterocycles. The van der Waals surface area contributed by atoms with Crippen molar-refractivity contribution < 1.29 is 22.8 Å². The second-order valence-corrected chi connectivity index (χ2v) is 8.44. The lowest BCUT2D eigenvalue weighted by molar-refractivity contribution is -0.137. The van der Waals surface area contributed by atoms with Gasteiger partial charge in [-0.2, -0.15) is 18.4 Å². The van der Waals surface area contributed by atoms with Crippen molar-refractivity contribution in [3.05, 3.63) is 45.8 Å². The third-order valence-electron chi connectivity index (χ3n) is 4.79. The predicted octanol–water partition coefficient (Wildman–Crippen LogP) is 3.49. The average molecular weight is 486 g/mol. The average Bonchev–Trinajstić information content (AvgIpc) is 3.17. The fourth-order valence-electron chi connectivity index (χ4n) is 3.19. The Morgan fingerprint density at radius 2 is 1.66 bits per heavy atom. The summed E-state index contributed by atoms with van der Waals surface area (Å²) in [5, 5.41) is 16.0. The number of hydrogen-bond donors (Lipinski definition) is 2. The first-order chi connectivity index (χ1) is 15.2. The summed E-state index contributed by atoms with van der Waals surface area (Å²) in [6.07, 6.45) is -4.61. The summed E-state index contributed by atoms with van der Waals surface area (Å²) in [7, 11) is 0. The van der Waals surface area contributed by atoms with Gasteiger partial charge in [-0.1, -0.05) is 11.6 Å². The summed E-state index contributed by atoms with van der Waals surface area (Å²) in [6.45, 7) is 2.33. The normalized spacial score (nSPS) is 15.2. The molecule has 0 spiro atoms. The van der Waals surface area contributed by atoms with Crippen LogP contribution in [0.4, 0.5) is 23.9 Å². The second kappa shape index (κ2) is 10.3. The first-order valence-electron chi connectivity index (χ1n) is 9.54. The highest BCUT2D eigenvalue weighted by molar-refractivity contribution is 7.14. The Kier molecular flexibility index (Phi) is 7.73. The van der Waals surface area contributed by atoms with Gasteiger partial charge >= 0.3 is 6.18 Å². The Hall–Kier alpha value is -2.65. The number of amides is 2. The van der Waals surface area contributed by atoms with Crippen molar-refractivity contribution in [2.75, 3.05) is 49.9 Å². The van der Waals surface area contributed by atoms with E-state index in [-0.39, 0.29) is 24.7 Å². The van der Waals surface area contributed by atoms with E-state index in [1.165, 1.54) is 17.4 Å². The number of piperazine rings is 1. The molecule has 1 aromatic carbocycles. The van der Waals surface area contributed by atoms with Crippen LogP contribution in [0.5, 0.6) is 0 Å². The first kappa shape index (κ1) is 24.0. The number of thiophene rings is 1. The molecule has 7 nitrogen and oxygen atoms in total. The summed E-state index contributed by atoms with van der Waals surface area (Å²) >= 11 is 6.87. The van der Waals surface area contributed by atoms with Gasteiger partial charge in [0.05, 0.1) is 29.2 Å². The molecule has 0 unspecified atom stereocenters. The third-order valence-corrected chi connectivity index (χ3v) is 5.95. The number of benzene rings is 1. The molecule has 0 bridgehead atoms. The Morgan fingerprint density at radius 3 is 2.22 bits per heavy atom. The summed E-state index contributed by atoms with van der Waals surface area (Å²) in [4.78, 5) is 28.2. The van der Waals surface area contributed by atoms with Gasteiger partial charge in [-0.15, -0.1) is 11.3 Å². The smallest absolute Gasteiger partial charge is 0.325 e. The van der Waals surface area contributed by atoms with E-state index in [0.29, 0.717) is 36.7 Å². The molecular weight excluding hydrogens is 467 g/mol. The van der Waals surface area contributed by atoms with Crippen LogP contribution < -0.4 is 10.6 Å². The Bertz CT molecular complexity index is 1030. The van der Waals surface area contributed by atoms with E-state index in [2.05, 4.69) is 10.6 Å². The van der Waals surface area contributed by atoms with Crippen molar-refractivity contribution in [2.45, 2.75) is 6.18 Å². The highest BCUT2D eigenvalue weighted by Crippen LogP contribution is 2.36. The topological polar surface area (TPSA) is 88.5 Å². The van der Waals surface area contributed by atoms with E-state index in [1.807, 2.05) is 15.9 Å². The van der Waals surface area contributed by atoms with Gasteiger partial charge in [0.2, 0.25) is 11.8 Å². The molecule has 1 aliphatic heterocycles. The zero-order valence-corrected chi connectivity index (χ0v) is 18.3. The summed E-state index contributed by atoms with van der Waals surface area (Å²) < 4.78 is 38.9. The zero-order valence-electron chi connectivity index (χ0n) is 16.7. The number of halogens is 4. The lowest BCUT2D eigenvalue weighted by Gasteiger charge is -2.33. The molecule has 3 rings (SSSR count). The van der Waals surface area contributed by atoms with Gasteiger partial charge in [0.1, 0.15) is 11.1 Å². The Morgan fingerprint density at radius 1 is 1.06 bits per heavy atom. The summed E-state index contributed by atoms with van der Waals surface area (Å²) in [5.74, 6) is -0.660. The number of rotatable bonds is 6. The van der Waals surface area contributed by atoms with E-state index >= 15 is 0 Å². The number of nitrogens with one attached hydrogen (secondary N) is 2. The molecule has 1 aromatic heterocycles. The lowest BCUT2D eigenvalue weighted by atomic mass is 10.2. The van der Waals surface area contributed by atoms with Crippen LogP contribution >= 0.6 is 22.9 Å². The molecule has 0 aliphatic carbocycles. The SMILES string of the molecule is N#Cc1ccsc1NC(=O)CN1CCN(CC(=O)Nc2ccc(Cl)c(C(F)(F)F)c2)CC1. The number of nitriles is 1. The predicted molar refractivity (Wildman–Crippen MR) is 116 cm³/mol. The van der Waals surface area contributed by atoms with E-state index in [9.17, 15) is 22.8 Å². The third kappa shape index (κ3) is 6.43. The Balaban J connectivity index is 1.44. The van der Waals surface area contributed by atoms with Gasteiger partial charge in [0, 0.05) is 31.9 Å². The minimum absolute atomic E-state index is 0.0186. The zero-order chi connectivity index (χ0) is 23.3. The molecule has 2 amide bonds. The fourth-order valence-corrected chi connectivity index (χ4v) is 4.17. The van der Waals surface area contributed by atoms with Gasteiger partial charge in [0.15, 0.2) is 0 Å². The van der Waals surface area contributed by atoms with Crippen molar-refractivity contribution in [2.24, 2.45) is 0 Å². The summed E-state index contributed by atoms with van der Waals surface area (Å²) in [5.41, 5.74) is -0.567. The molecule has 32 heavy (non-hydrogen) atoms. The second-order valence-electron chi connectivity index (χ2n) is 7.12. The van der Waals surface area contributed by atoms with E-state index < -0.39 is 22.7 Å². The van der Waals surface area contributed by atoms with Gasteiger partial charge in [-0.3, -0.25) is 19.4 Å². The van der Waals surface area contributed by atoms with Crippen LogP contribution in [0.3, 0.4) is 0 Å². The monoisotopic (exact) mass is 485 g/mol. The number of carbonyl (C=O) groups excluding carboxylic acids is 2. The van der Waals surface area contributed by atoms with E-state index in [1.54, 1.807) is 11.4 Å². The standard InChI is InChI=1S/C20H19ClF3N5O2S/c21-16-2-1-14(9-15(16)20(22,23)24)26-17(30)11-28-4-6-29(7-5-28)12-18(31)27-19-13(10-25)3-8-32-19/h1-3,8-9H,4-7,11-12H2,(H,26,30)(H,27,31). The van der Waals surface area contributed by atoms with Crippen molar-refractivity contribution in [3.63, 3.8) is 0 Å². The number of hydrogen-bond acceptors (Lipinski definition) is 6. The van der Waals surface area contributed by atoms with Crippen LogP contribution in [-0.2, 0) is 15.8 Å². The number of anilines is 2. The van der Waals surface area contributed by atoms with Gasteiger partial charge in [-0.05, 0) is 29.6 Å². The maximum absolute atomic E-state index is 13.0. The van der Waals surface area contributed by atoms with Crippen LogP contribution in [0.2, 0.25) is 5.02 Å². The molecule has 170 valence electrons. The summed E-state index contributed by atoms with van der Waals surface area (Å²) in [6, 6.07) is 6.87. The van der Waals surface area contributed by atoms with Crippen molar-refractivity contribution in [3.8, 4) is 6.07 Å². The number of nitrogens with zero attached hydrogens (tertiary/aromatic N) is 3. The fraction of sp³-hybridized carbons (Fsp3) is 0.350. The molecule has 2 aromatic rings. The maximum atomic E-state index is 13.0. The van der Waals surface area contributed by atoms with Crippen LogP contribution in [0.25, 0.3) is 0 Å². The Labute approximate surface area is 191 Å². The van der Waals surface area contributed by atoms with Gasteiger partial charge in [-0.25, -0.2) is 0 Å². The van der Waals surface area contributed by atoms with Crippen LogP contribution in [0, 0.1) is 11.3 Å². The van der Waals surface area contributed by atoms with E-state index in [4.69, 9.17) is 16.9 Å². The lowest BCUT2D eigenvalue weighted by Crippen LogP contribution is -2.50. The molecule has 2 N–H and O–H groups in total. The molecular formula is C20H19ClF3N5O2S. The maximum Gasteiger partial charge on any atom is 0.417 e. The van der Waals surface area contributed by atoms with Gasteiger partial charge < -0.3 is 10.6 Å². The largest absolute Gasteiger partial charge is 0.417 e. The van der Waals surface area contributed by atoms with Crippen LogP contribution in [-0.4, -0.2) is 60.9 Å². The minimum atomic E-state index is -4.61. The minimum Gasteiger partial charge on any atom is -0.325 e. The molecule has 12 heteroatoms. The number of carbonyl (C=O) groups is 2. The van der Waals surface area contributed by atoms with Crippen molar-refractivity contribution in [1.29, 1.82) is 5.26 Å². The molecule has 0 saturated carbocycles.